The lowest BCUT2D eigenvalue weighted by Gasteiger charge is -2.17. The van der Waals surface area contributed by atoms with E-state index in [0.29, 0.717) is 10.8 Å². The van der Waals surface area contributed by atoms with Gasteiger partial charge in [-0.2, -0.15) is 0 Å². The number of benzene rings is 2. The summed E-state index contributed by atoms with van der Waals surface area (Å²) in [4.78, 5) is 0. The van der Waals surface area contributed by atoms with Gasteiger partial charge in [0.05, 0.1) is 5.69 Å². The van der Waals surface area contributed by atoms with E-state index in [0.717, 1.165) is 12.8 Å². The van der Waals surface area contributed by atoms with E-state index in [1.54, 1.807) is 18.2 Å². The summed E-state index contributed by atoms with van der Waals surface area (Å²) >= 11 is 5.21. The molecule has 0 aromatic heterocycles. The lowest BCUT2D eigenvalue weighted by atomic mass is 10.1. The predicted molar refractivity (Wildman–Crippen MR) is 90.0 cm³/mol. The van der Waals surface area contributed by atoms with Crippen LogP contribution < -0.4 is 10.6 Å². The van der Waals surface area contributed by atoms with E-state index < -0.39 is 0 Å². The summed E-state index contributed by atoms with van der Waals surface area (Å²) in [7, 11) is 0. The molecule has 0 spiro atoms. The maximum atomic E-state index is 13.5. The molecule has 2 aromatic carbocycles. The second-order valence-electron chi connectivity index (χ2n) is 5.00. The molecule has 0 bridgehead atoms. The van der Waals surface area contributed by atoms with Crippen LogP contribution in [0.4, 0.5) is 10.1 Å². The number of anilines is 1. The van der Waals surface area contributed by atoms with Gasteiger partial charge in [0.15, 0.2) is 5.11 Å². The molecule has 0 fully saturated rings. The molecule has 2 aromatic rings. The summed E-state index contributed by atoms with van der Waals surface area (Å²) in [5.41, 5.74) is 1.70. The SMILES string of the molecule is CC(CCc1ccccc1)NC(=S)Nc1ccccc1F. The molecule has 1 atom stereocenters. The molecule has 0 saturated heterocycles. The van der Waals surface area contributed by atoms with Crippen molar-refractivity contribution in [1.82, 2.24) is 5.32 Å². The molecule has 0 heterocycles. The highest BCUT2D eigenvalue weighted by Gasteiger charge is 2.07. The van der Waals surface area contributed by atoms with Gasteiger partial charge in [-0.25, -0.2) is 4.39 Å². The lowest BCUT2D eigenvalue weighted by molar-refractivity contribution is 0.608. The van der Waals surface area contributed by atoms with Crippen LogP contribution in [0.2, 0.25) is 0 Å². The Morgan fingerprint density at radius 2 is 1.76 bits per heavy atom. The van der Waals surface area contributed by atoms with Crippen molar-refractivity contribution in [3.63, 3.8) is 0 Å². The number of para-hydroxylation sites is 1. The summed E-state index contributed by atoms with van der Waals surface area (Å²) in [6.07, 6.45) is 1.94. The molecule has 0 aliphatic carbocycles. The van der Waals surface area contributed by atoms with E-state index in [4.69, 9.17) is 12.2 Å². The van der Waals surface area contributed by atoms with Gasteiger partial charge in [0.1, 0.15) is 5.82 Å². The van der Waals surface area contributed by atoms with Crippen molar-refractivity contribution in [2.75, 3.05) is 5.32 Å². The van der Waals surface area contributed by atoms with Crippen molar-refractivity contribution in [3.8, 4) is 0 Å². The fourth-order valence-corrected chi connectivity index (χ4v) is 2.36. The van der Waals surface area contributed by atoms with Crippen LogP contribution in [0.15, 0.2) is 54.6 Å². The fourth-order valence-electron chi connectivity index (χ4n) is 2.04. The number of hydrogen-bond donors (Lipinski definition) is 2. The van der Waals surface area contributed by atoms with Crippen LogP contribution in [0.25, 0.3) is 0 Å². The first-order valence-electron chi connectivity index (χ1n) is 7.01. The average Bonchev–Trinajstić information content (AvgIpc) is 2.48. The molecule has 2 nitrogen and oxygen atoms in total. The molecule has 0 amide bonds. The van der Waals surface area contributed by atoms with Gasteiger partial charge in [0.25, 0.3) is 0 Å². The van der Waals surface area contributed by atoms with Crippen LogP contribution in [0.5, 0.6) is 0 Å². The quantitative estimate of drug-likeness (QED) is 0.812. The van der Waals surface area contributed by atoms with Crippen LogP contribution in [0.1, 0.15) is 18.9 Å². The number of rotatable bonds is 5. The van der Waals surface area contributed by atoms with Crippen molar-refractivity contribution in [2.45, 2.75) is 25.8 Å². The summed E-state index contributed by atoms with van der Waals surface area (Å²) in [6.45, 7) is 2.07. The molecular formula is C17H19FN2S. The summed E-state index contributed by atoms with van der Waals surface area (Å²) in [5.74, 6) is -0.307. The van der Waals surface area contributed by atoms with E-state index in [1.165, 1.54) is 11.6 Å². The molecule has 21 heavy (non-hydrogen) atoms. The molecule has 0 aliphatic rings. The Hall–Kier alpha value is -1.94. The highest BCUT2D eigenvalue weighted by molar-refractivity contribution is 7.80. The van der Waals surface area contributed by atoms with Crippen molar-refractivity contribution in [1.29, 1.82) is 0 Å². The molecular weight excluding hydrogens is 283 g/mol. The molecule has 2 N–H and O–H groups in total. The standard InChI is InChI=1S/C17H19FN2S/c1-13(11-12-14-7-3-2-4-8-14)19-17(21)20-16-10-6-5-9-15(16)18/h2-10,13H,11-12H2,1H3,(H2,19,20,21). The van der Waals surface area contributed by atoms with Gasteiger partial charge in [-0.15, -0.1) is 0 Å². The van der Waals surface area contributed by atoms with Gasteiger partial charge < -0.3 is 10.6 Å². The second-order valence-corrected chi connectivity index (χ2v) is 5.41. The Labute approximate surface area is 130 Å². The predicted octanol–water partition coefficient (Wildman–Crippen LogP) is 4.13. The van der Waals surface area contributed by atoms with Crippen molar-refractivity contribution in [2.24, 2.45) is 0 Å². The van der Waals surface area contributed by atoms with E-state index in [2.05, 4.69) is 29.7 Å². The van der Waals surface area contributed by atoms with Crippen molar-refractivity contribution >= 4 is 23.0 Å². The Bertz CT molecular complexity index is 586. The monoisotopic (exact) mass is 302 g/mol. The number of halogens is 1. The van der Waals surface area contributed by atoms with Gasteiger partial charge in [-0.05, 0) is 49.7 Å². The molecule has 0 aliphatic heterocycles. The van der Waals surface area contributed by atoms with Crippen LogP contribution in [0, 0.1) is 5.82 Å². The van der Waals surface area contributed by atoms with Crippen LogP contribution in [-0.4, -0.2) is 11.2 Å². The highest BCUT2D eigenvalue weighted by Crippen LogP contribution is 2.12. The third-order valence-electron chi connectivity index (χ3n) is 3.21. The summed E-state index contributed by atoms with van der Waals surface area (Å²) in [6, 6.07) is 17.0. The third-order valence-corrected chi connectivity index (χ3v) is 3.43. The van der Waals surface area contributed by atoms with Gasteiger partial charge in [0.2, 0.25) is 0 Å². The van der Waals surface area contributed by atoms with Gasteiger partial charge in [-0.3, -0.25) is 0 Å². The normalized spacial score (nSPS) is 11.7. The molecule has 0 saturated carbocycles. The Morgan fingerprint density at radius 1 is 1.10 bits per heavy atom. The molecule has 4 heteroatoms. The Balaban J connectivity index is 1.78. The van der Waals surface area contributed by atoms with Crippen LogP contribution in [0.3, 0.4) is 0 Å². The van der Waals surface area contributed by atoms with Crippen LogP contribution in [-0.2, 0) is 6.42 Å². The number of hydrogen-bond acceptors (Lipinski definition) is 1. The number of aryl methyl sites for hydroxylation is 1. The minimum atomic E-state index is -0.307. The first-order valence-corrected chi connectivity index (χ1v) is 7.42. The molecule has 1 unspecified atom stereocenters. The van der Waals surface area contributed by atoms with E-state index in [-0.39, 0.29) is 11.9 Å². The van der Waals surface area contributed by atoms with Gasteiger partial charge in [-0.1, -0.05) is 42.5 Å². The largest absolute Gasteiger partial charge is 0.360 e. The maximum absolute atomic E-state index is 13.5. The van der Waals surface area contributed by atoms with E-state index in [1.807, 2.05) is 18.2 Å². The molecule has 2 rings (SSSR count). The fraction of sp³-hybridized carbons (Fsp3) is 0.235. The number of thiocarbonyl (C=S) groups is 1. The second kappa shape index (κ2) is 7.74. The smallest absolute Gasteiger partial charge is 0.171 e. The third kappa shape index (κ3) is 5.16. The average molecular weight is 302 g/mol. The number of nitrogens with one attached hydrogen (secondary N) is 2. The van der Waals surface area contributed by atoms with Crippen molar-refractivity contribution in [3.05, 3.63) is 66.0 Å². The Morgan fingerprint density at radius 3 is 2.48 bits per heavy atom. The lowest BCUT2D eigenvalue weighted by Crippen LogP contribution is -2.36. The van der Waals surface area contributed by atoms with Crippen LogP contribution >= 0.6 is 12.2 Å². The topological polar surface area (TPSA) is 24.1 Å². The summed E-state index contributed by atoms with van der Waals surface area (Å²) < 4.78 is 13.5. The maximum Gasteiger partial charge on any atom is 0.171 e. The van der Waals surface area contributed by atoms with E-state index >= 15 is 0 Å². The Kier molecular flexibility index (Phi) is 5.69. The zero-order valence-corrected chi connectivity index (χ0v) is 12.8. The van der Waals surface area contributed by atoms with E-state index in [9.17, 15) is 4.39 Å². The van der Waals surface area contributed by atoms with Gasteiger partial charge >= 0.3 is 0 Å². The molecule has 0 radical (unpaired) electrons. The zero-order chi connectivity index (χ0) is 15.1. The first-order chi connectivity index (χ1) is 10.1. The van der Waals surface area contributed by atoms with Gasteiger partial charge in [0, 0.05) is 6.04 Å². The van der Waals surface area contributed by atoms with Crippen molar-refractivity contribution < 1.29 is 4.39 Å². The minimum absolute atomic E-state index is 0.219. The highest BCUT2D eigenvalue weighted by atomic mass is 32.1. The zero-order valence-electron chi connectivity index (χ0n) is 12.0. The molecule has 110 valence electrons. The first kappa shape index (κ1) is 15.4. The minimum Gasteiger partial charge on any atom is -0.360 e. The summed E-state index contributed by atoms with van der Waals surface area (Å²) in [5, 5.41) is 6.51.